The Morgan fingerprint density at radius 1 is 1.28 bits per heavy atom. The summed E-state index contributed by atoms with van der Waals surface area (Å²) in [7, 11) is -1.55. The van der Waals surface area contributed by atoms with Gasteiger partial charge < -0.3 is 5.32 Å². The normalized spacial score (nSPS) is 14.6. The molecule has 1 unspecified atom stereocenters. The zero-order chi connectivity index (χ0) is 14.1. The van der Waals surface area contributed by atoms with Crippen molar-refractivity contribution in [2.24, 2.45) is 0 Å². The van der Waals surface area contributed by atoms with Gasteiger partial charge in [0.15, 0.2) is 9.84 Å². The van der Waals surface area contributed by atoms with E-state index in [0.29, 0.717) is 15.6 Å². The molecule has 0 spiro atoms. The molecule has 1 atom stereocenters. The van der Waals surface area contributed by atoms with Gasteiger partial charge in [0.25, 0.3) is 0 Å². The minimum absolute atomic E-state index is 0.384. The summed E-state index contributed by atoms with van der Waals surface area (Å²) < 4.78 is 22.8. The van der Waals surface area contributed by atoms with Crippen LogP contribution in [-0.2, 0) is 9.84 Å². The lowest BCUT2D eigenvalue weighted by Gasteiger charge is -2.33. The van der Waals surface area contributed by atoms with Gasteiger partial charge in [-0.25, -0.2) is 8.42 Å². The number of benzene rings is 1. The van der Waals surface area contributed by atoms with Gasteiger partial charge in [-0.15, -0.1) is 0 Å². The number of hydrogen-bond donors (Lipinski definition) is 1. The maximum absolute atomic E-state index is 11.9. The number of halogens is 2. The maximum atomic E-state index is 11.9. The smallest absolute Gasteiger partial charge is 0.154 e. The molecule has 1 N–H and O–H groups in total. The summed E-state index contributed by atoms with van der Waals surface area (Å²) in [4.78, 5) is 0. The molecule has 0 aliphatic heterocycles. The van der Waals surface area contributed by atoms with Crippen LogP contribution in [0.15, 0.2) is 18.2 Å². The first kappa shape index (κ1) is 15.8. The zero-order valence-electron chi connectivity index (χ0n) is 10.8. The molecule has 0 fully saturated rings. The molecule has 0 aromatic heterocycles. The third-order valence-electron chi connectivity index (χ3n) is 3.23. The molecule has 0 bridgehead atoms. The molecule has 0 aliphatic rings. The first-order valence-electron chi connectivity index (χ1n) is 5.43. The van der Waals surface area contributed by atoms with Crippen LogP contribution in [0.25, 0.3) is 0 Å². The van der Waals surface area contributed by atoms with Crippen molar-refractivity contribution >= 4 is 33.0 Å². The molecule has 18 heavy (non-hydrogen) atoms. The summed E-state index contributed by atoms with van der Waals surface area (Å²) in [5, 5.41) is 3.81. The lowest BCUT2D eigenvalue weighted by atomic mass is 9.95. The molecule has 0 amide bonds. The monoisotopic (exact) mass is 309 g/mol. The number of nitrogens with one attached hydrogen (secondary N) is 1. The second-order valence-corrected chi connectivity index (χ2v) is 8.12. The molecule has 0 heterocycles. The van der Waals surface area contributed by atoms with Crippen LogP contribution in [0.4, 0.5) is 0 Å². The van der Waals surface area contributed by atoms with E-state index in [1.165, 1.54) is 6.26 Å². The Bertz CT molecular complexity index is 541. The Hall–Kier alpha value is -0.290. The van der Waals surface area contributed by atoms with Crippen molar-refractivity contribution in [3.63, 3.8) is 0 Å². The van der Waals surface area contributed by atoms with Crippen LogP contribution in [0.2, 0.25) is 10.0 Å². The van der Waals surface area contributed by atoms with Crippen molar-refractivity contribution in [2.75, 3.05) is 13.3 Å². The highest BCUT2D eigenvalue weighted by Gasteiger charge is 2.40. The van der Waals surface area contributed by atoms with E-state index in [0.717, 1.165) is 0 Å². The van der Waals surface area contributed by atoms with Crippen LogP contribution in [0.3, 0.4) is 0 Å². The standard InChI is InChI=1S/C12H17Cl2NO2S/c1-12(2,18(4,16)17)11(15-3)8-6-5-7-9(13)10(8)14/h5-7,11,15H,1-4H3. The lowest BCUT2D eigenvalue weighted by Crippen LogP contribution is -2.43. The van der Waals surface area contributed by atoms with E-state index in [4.69, 9.17) is 23.2 Å². The molecular formula is C12H17Cl2NO2S. The quantitative estimate of drug-likeness (QED) is 0.929. The Kier molecular flexibility index (Phi) is 4.70. The van der Waals surface area contributed by atoms with Gasteiger partial charge in [-0.1, -0.05) is 35.3 Å². The minimum Gasteiger partial charge on any atom is -0.312 e. The van der Waals surface area contributed by atoms with Gasteiger partial charge in [0.1, 0.15) is 0 Å². The SMILES string of the molecule is CNC(c1cccc(Cl)c1Cl)C(C)(C)S(C)(=O)=O. The molecule has 1 aromatic rings. The highest BCUT2D eigenvalue weighted by molar-refractivity contribution is 7.92. The molecule has 102 valence electrons. The second-order valence-electron chi connectivity index (χ2n) is 4.74. The van der Waals surface area contributed by atoms with E-state index in [1.54, 1.807) is 39.1 Å². The Morgan fingerprint density at radius 2 is 1.83 bits per heavy atom. The van der Waals surface area contributed by atoms with Crippen molar-refractivity contribution in [3.05, 3.63) is 33.8 Å². The highest BCUT2D eigenvalue weighted by atomic mass is 35.5. The van der Waals surface area contributed by atoms with Gasteiger partial charge in [-0.2, -0.15) is 0 Å². The van der Waals surface area contributed by atoms with Crippen molar-refractivity contribution in [1.29, 1.82) is 0 Å². The van der Waals surface area contributed by atoms with E-state index < -0.39 is 20.6 Å². The van der Waals surface area contributed by atoms with Gasteiger partial charge in [0.05, 0.1) is 20.8 Å². The van der Waals surface area contributed by atoms with Crippen LogP contribution < -0.4 is 5.32 Å². The number of sulfone groups is 1. The molecule has 0 radical (unpaired) electrons. The van der Waals surface area contributed by atoms with Gasteiger partial charge in [-0.05, 0) is 32.5 Å². The topological polar surface area (TPSA) is 46.2 Å². The predicted octanol–water partition coefficient (Wildman–Crippen LogP) is 3.08. The van der Waals surface area contributed by atoms with Crippen LogP contribution in [0, 0.1) is 0 Å². The summed E-state index contributed by atoms with van der Waals surface area (Å²) in [5.74, 6) is 0. The number of rotatable bonds is 4. The summed E-state index contributed by atoms with van der Waals surface area (Å²) in [6.45, 7) is 3.33. The van der Waals surface area contributed by atoms with Crippen LogP contribution in [0.5, 0.6) is 0 Å². The molecule has 0 saturated heterocycles. The van der Waals surface area contributed by atoms with Gasteiger partial charge in [0.2, 0.25) is 0 Å². The fraction of sp³-hybridized carbons (Fsp3) is 0.500. The van der Waals surface area contributed by atoms with Crippen molar-refractivity contribution in [2.45, 2.75) is 24.6 Å². The largest absolute Gasteiger partial charge is 0.312 e. The van der Waals surface area contributed by atoms with Crippen molar-refractivity contribution in [1.82, 2.24) is 5.32 Å². The minimum atomic E-state index is -3.26. The molecule has 0 saturated carbocycles. The Morgan fingerprint density at radius 3 is 2.28 bits per heavy atom. The van der Waals surface area contributed by atoms with E-state index in [1.807, 2.05) is 0 Å². The molecule has 6 heteroatoms. The van der Waals surface area contributed by atoms with Gasteiger partial charge in [-0.3, -0.25) is 0 Å². The molecular weight excluding hydrogens is 293 g/mol. The fourth-order valence-corrected chi connectivity index (χ4v) is 2.93. The van der Waals surface area contributed by atoms with Crippen LogP contribution in [0.1, 0.15) is 25.5 Å². The second kappa shape index (κ2) is 5.37. The third kappa shape index (κ3) is 2.82. The molecule has 1 aromatic carbocycles. The first-order chi connectivity index (χ1) is 8.13. The Labute approximate surface area is 118 Å². The van der Waals surface area contributed by atoms with Gasteiger partial charge >= 0.3 is 0 Å². The van der Waals surface area contributed by atoms with E-state index >= 15 is 0 Å². The third-order valence-corrected chi connectivity index (χ3v) is 6.21. The molecule has 0 aliphatic carbocycles. The predicted molar refractivity (Wildman–Crippen MR) is 77.2 cm³/mol. The van der Waals surface area contributed by atoms with Crippen LogP contribution in [-0.4, -0.2) is 26.5 Å². The first-order valence-corrected chi connectivity index (χ1v) is 8.08. The molecule has 1 rings (SSSR count). The average molecular weight is 310 g/mol. The summed E-state index contributed by atoms with van der Waals surface area (Å²) in [6.07, 6.45) is 1.22. The number of hydrogen-bond acceptors (Lipinski definition) is 3. The van der Waals surface area contributed by atoms with Crippen LogP contribution >= 0.6 is 23.2 Å². The molecule has 3 nitrogen and oxygen atoms in total. The van der Waals surface area contributed by atoms with Crippen molar-refractivity contribution in [3.8, 4) is 0 Å². The maximum Gasteiger partial charge on any atom is 0.154 e. The Balaban J connectivity index is 3.40. The average Bonchev–Trinajstić information content (AvgIpc) is 2.23. The highest BCUT2D eigenvalue weighted by Crippen LogP contribution is 2.37. The van der Waals surface area contributed by atoms with Gasteiger partial charge in [0, 0.05) is 6.26 Å². The summed E-state index contributed by atoms with van der Waals surface area (Å²) in [5.41, 5.74) is 0.682. The summed E-state index contributed by atoms with van der Waals surface area (Å²) in [6, 6.07) is 4.78. The fourth-order valence-electron chi connectivity index (χ4n) is 1.84. The lowest BCUT2D eigenvalue weighted by molar-refractivity contribution is 0.446. The zero-order valence-corrected chi connectivity index (χ0v) is 13.1. The van der Waals surface area contributed by atoms with E-state index in [-0.39, 0.29) is 0 Å². The van der Waals surface area contributed by atoms with Crippen molar-refractivity contribution < 1.29 is 8.42 Å². The van der Waals surface area contributed by atoms with E-state index in [9.17, 15) is 8.42 Å². The summed E-state index contributed by atoms with van der Waals surface area (Å²) >= 11 is 12.1. The van der Waals surface area contributed by atoms with E-state index in [2.05, 4.69) is 5.32 Å².